The highest BCUT2D eigenvalue weighted by molar-refractivity contribution is 5.79. The van der Waals surface area contributed by atoms with Gasteiger partial charge in [0.25, 0.3) is 0 Å². The number of aromatic nitrogens is 3. The van der Waals surface area contributed by atoms with Gasteiger partial charge in [0.05, 0.1) is 25.9 Å². The Hall–Kier alpha value is -3.69. The molecule has 170 valence electrons. The van der Waals surface area contributed by atoms with Crippen LogP contribution in [0.5, 0.6) is 11.5 Å². The summed E-state index contributed by atoms with van der Waals surface area (Å²) in [6, 6.07) is 11.3. The zero-order valence-corrected chi connectivity index (χ0v) is 18.4. The molecule has 1 saturated heterocycles. The maximum absolute atomic E-state index is 6.13. The zero-order chi connectivity index (χ0) is 22.6. The fraction of sp³-hybridized carbons (Fsp3) is 0.292. The number of nitrogens with two attached hydrogens (primary N) is 1. The minimum absolute atomic E-state index is 0.334. The molecule has 0 spiro atoms. The summed E-state index contributed by atoms with van der Waals surface area (Å²) in [4.78, 5) is 15.3. The molecule has 4 heterocycles. The molecule has 1 aliphatic rings. The summed E-state index contributed by atoms with van der Waals surface area (Å²) in [6.07, 6.45) is 3.39. The number of pyridine rings is 2. The van der Waals surface area contributed by atoms with E-state index < -0.39 is 0 Å². The molecule has 0 amide bonds. The first-order chi connectivity index (χ1) is 16.2. The van der Waals surface area contributed by atoms with E-state index >= 15 is 0 Å². The van der Waals surface area contributed by atoms with Gasteiger partial charge in [0.1, 0.15) is 12.4 Å². The van der Waals surface area contributed by atoms with E-state index in [9.17, 15) is 0 Å². The molecule has 0 unspecified atom stereocenters. The fourth-order valence-corrected chi connectivity index (χ4v) is 3.76. The lowest BCUT2D eigenvalue weighted by molar-refractivity contribution is 0.0321. The van der Waals surface area contributed by atoms with E-state index in [1.165, 1.54) is 0 Å². The molecule has 0 bridgehead atoms. The molecule has 1 aromatic carbocycles. The molecule has 0 radical (unpaired) electrons. The van der Waals surface area contributed by atoms with Crippen molar-refractivity contribution in [2.75, 3.05) is 52.3 Å². The number of hydrogen-bond acceptors (Lipinski definition) is 9. The van der Waals surface area contributed by atoms with E-state index in [-0.39, 0.29) is 0 Å². The minimum atomic E-state index is 0.334. The van der Waals surface area contributed by atoms with E-state index in [4.69, 9.17) is 24.4 Å². The highest BCUT2D eigenvalue weighted by atomic mass is 16.5. The van der Waals surface area contributed by atoms with Crippen LogP contribution in [-0.4, -0.2) is 66.4 Å². The van der Waals surface area contributed by atoms with Gasteiger partial charge >= 0.3 is 0 Å². The normalized spacial score (nSPS) is 14.5. The fourth-order valence-electron chi connectivity index (χ4n) is 3.76. The number of fused-ring (bicyclic) bond motifs is 1. The predicted molar refractivity (Wildman–Crippen MR) is 124 cm³/mol. The van der Waals surface area contributed by atoms with E-state index in [1.807, 2.05) is 30.3 Å². The third-order valence-electron chi connectivity index (χ3n) is 5.58. The number of nitrogen functional groups attached to an aromatic ring is 1. The van der Waals surface area contributed by atoms with Crippen LogP contribution in [0.25, 0.3) is 33.8 Å². The average molecular weight is 447 g/mol. The second kappa shape index (κ2) is 9.43. The van der Waals surface area contributed by atoms with Gasteiger partial charge in [-0.3, -0.25) is 4.90 Å². The first kappa shape index (κ1) is 21.2. The number of anilines is 1. The largest absolute Gasteiger partial charge is 0.493 e. The molecule has 1 fully saturated rings. The van der Waals surface area contributed by atoms with Gasteiger partial charge < -0.3 is 24.4 Å². The van der Waals surface area contributed by atoms with Crippen LogP contribution in [0.3, 0.4) is 0 Å². The second-order valence-electron chi connectivity index (χ2n) is 7.67. The van der Waals surface area contributed by atoms with Crippen LogP contribution in [0.2, 0.25) is 0 Å². The number of morpholine rings is 1. The number of methoxy groups -OCH3 is 1. The number of benzene rings is 1. The minimum Gasteiger partial charge on any atom is -0.493 e. The molecule has 2 N–H and O–H groups in total. The molecule has 1 aliphatic heterocycles. The number of oxazole rings is 1. The Morgan fingerprint density at radius 1 is 1.06 bits per heavy atom. The van der Waals surface area contributed by atoms with Crippen LogP contribution >= 0.6 is 0 Å². The van der Waals surface area contributed by atoms with Crippen molar-refractivity contribution < 1.29 is 18.6 Å². The van der Waals surface area contributed by atoms with Gasteiger partial charge in [0, 0.05) is 37.6 Å². The standard InChI is InChI=1S/C24H25N5O4/c1-30-21-14-16(4-5-19(21)32-12-9-29-7-10-31-11-8-29)17-13-18(22(25)27-15-17)24-28-23-20(33-24)3-2-6-26-23/h2-6,13-15H,7-12H2,1H3,(H2,25,27). The lowest BCUT2D eigenvalue weighted by atomic mass is 10.0. The Kier molecular flexibility index (Phi) is 6.05. The lowest BCUT2D eigenvalue weighted by Gasteiger charge is -2.26. The Labute approximate surface area is 191 Å². The Bertz CT molecular complexity index is 1220. The van der Waals surface area contributed by atoms with Crippen molar-refractivity contribution in [2.45, 2.75) is 0 Å². The van der Waals surface area contributed by atoms with Crippen LogP contribution < -0.4 is 15.2 Å². The monoisotopic (exact) mass is 447 g/mol. The Morgan fingerprint density at radius 3 is 2.76 bits per heavy atom. The molecular weight excluding hydrogens is 422 g/mol. The molecule has 4 aromatic rings. The Morgan fingerprint density at radius 2 is 1.94 bits per heavy atom. The summed E-state index contributed by atoms with van der Waals surface area (Å²) in [5.74, 6) is 2.06. The molecule has 33 heavy (non-hydrogen) atoms. The third kappa shape index (κ3) is 4.59. The quantitative estimate of drug-likeness (QED) is 0.456. The van der Waals surface area contributed by atoms with E-state index in [0.29, 0.717) is 46.6 Å². The summed E-state index contributed by atoms with van der Waals surface area (Å²) in [6.45, 7) is 4.84. The van der Waals surface area contributed by atoms with Gasteiger partial charge in [-0.25, -0.2) is 9.97 Å². The van der Waals surface area contributed by atoms with Crippen LogP contribution in [0.1, 0.15) is 0 Å². The summed E-state index contributed by atoms with van der Waals surface area (Å²) in [5, 5.41) is 0. The molecule has 0 saturated carbocycles. The summed E-state index contributed by atoms with van der Waals surface area (Å²) < 4.78 is 22.8. The van der Waals surface area contributed by atoms with Gasteiger partial charge in [-0.05, 0) is 35.9 Å². The average Bonchev–Trinajstić information content (AvgIpc) is 3.29. The molecule has 9 heteroatoms. The topological polar surface area (TPSA) is 109 Å². The van der Waals surface area contributed by atoms with Crippen molar-refractivity contribution in [1.29, 1.82) is 0 Å². The molecule has 0 atom stereocenters. The highest BCUT2D eigenvalue weighted by Gasteiger charge is 2.16. The van der Waals surface area contributed by atoms with Crippen LogP contribution in [-0.2, 0) is 4.74 Å². The second-order valence-corrected chi connectivity index (χ2v) is 7.67. The zero-order valence-electron chi connectivity index (χ0n) is 18.4. The van der Waals surface area contributed by atoms with Crippen LogP contribution in [0, 0.1) is 0 Å². The van der Waals surface area contributed by atoms with Gasteiger partial charge in [0.2, 0.25) is 5.89 Å². The maximum Gasteiger partial charge on any atom is 0.232 e. The van der Waals surface area contributed by atoms with Crippen LogP contribution in [0.4, 0.5) is 5.82 Å². The SMILES string of the molecule is COc1cc(-c2cnc(N)c(-c3nc4ncccc4o3)c2)ccc1OCCN1CCOCC1. The molecule has 9 nitrogen and oxygen atoms in total. The highest BCUT2D eigenvalue weighted by Crippen LogP contribution is 2.35. The van der Waals surface area contributed by atoms with Crippen molar-refractivity contribution in [3.05, 3.63) is 48.8 Å². The van der Waals surface area contributed by atoms with Crippen molar-refractivity contribution in [3.8, 4) is 34.1 Å². The van der Waals surface area contributed by atoms with Crippen molar-refractivity contribution in [3.63, 3.8) is 0 Å². The smallest absolute Gasteiger partial charge is 0.232 e. The lowest BCUT2D eigenvalue weighted by Crippen LogP contribution is -2.38. The van der Waals surface area contributed by atoms with E-state index in [0.717, 1.165) is 44.0 Å². The third-order valence-corrected chi connectivity index (χ3v) is 5.58. The van der Waals surface area contributed by atoms with Crippen molar-refractivity contribution >= 4 is 17.0 Å². The van der Waals surface area contributed by atoms with Crippen molar-refractivity contribution in [2.24, 2.45) is 0 Å². The van der Waals surface area contributed by atoms with Gasteiger partial charge in [0.15, 0.2) is 22.7 Å². The van der Waals surface area contributed by atoms with Crippen molar-refractivity contribution in [1.82, 2.24) is 19.9 Å². The predicted octanol–water partition coefficient (Wildman–Crippen LogP) is 3.25. The summed E-state index contributed by atoms with van der Waals surface area (Å²) >= 11 is 0. The first-order valence-corrected chi connectivity index (χ1v) is 10.8. The number of ether oxygens (including phenoxy) is 3. The Balaban J connectivity index is 1.37. The number of rotatable bonds is 7. The number of nitrogens with zero attached hydrogens (tertiary/aromatic N) is 4. The maximum atomic E-state index is 6.13. The molecule has 5 rings (SSSR count). The molecule has 3 aromatic heterocycles. The van der Waals surface area contributed by atoms with Crippen LogP contribution in [0.15, 0.2) is 53.2 Å². The first-order valence-electron chi connectivity index (χ1n) is 10.8. The van der Waals surface area contributed by atoms with Gasteiger partial charge in [-0.2, -0.15) is 4.98 Å². The van der Waals surface area contributed by atoms with E-state index in [2.05, 4.69) is 19.9 Å². The molecular formula is C24H25N5O4. The van der Waals surface area contributed by atoms with Gasteiger partial charge in [-0.1, -0.05) is 6.07 Å². The van der Waals surface area contributed by atoms with Gasteiger partial charge in [-0.15, -0.1) is 0 Å². The van der Waals surface area contributed by atoms with E-state index in [1.54, 1.807) is 25.6 Å². The summed E-state index contributed by atoms with van der Waals surface area (Å²) in [7, 11) is 1.63. The number of hydrogen-bond donors (Lipinski definition) is 1. The summed E-state index contributed by atoms with van der Waals surface area (Å²) in [5.41, 5.74) is 9.62. The molecule has 0 aliphatic carbocycles.